The van der Waals surface area contributed by atoms with E-state index in [9.17, 15) is 8.42 Å². The van der Waals surface area contributed by atoms with Gasteiger partial charge in [0.05, 0.1) is 10.9 Å². The minimum Gasteiger partial charge on any atom is -0.377 e. The zero-order valence-electron chi connectivity index (χ0n) is 10.8. The third-order valence-electron chi connectivity index (χ3n) is 2.88. The van der Waals surface area contributed by atoms with Gasteiger partial charge in [0, 0.05) is 10.6 Å². The van der Waals surface area contributed by atoms with E-state index in [-0.39, 0.29) is 10.9 Å². The molecular weight excluding hydrogens is 280 g/mol. The molecule has 0 aliphatic heterocycles. The van der Waals surface area contributed by atoms with Gasteiger partial charge in [-0.2, -0.15) is 0 Å². The Kier molecular flexibility index (Phi) is 3.93. The molecule has 0 bridgehead atoms. The maximum Gasteiger partial charge on any atom is 0.238 e. The van der Waals surface area contributed by atoms with E-state index in [2.05, 4.69) is 5.32 Å². The minimum absolute atomic E-state index is 0.120. The molecular formula is C13H16N2O2S2. The smallest absolute Gasteiger partial charge is 0.238 e. The van der Waals surface area contributed by atoms with Gasteiger partial charge in [-0.15, -0.1) is 11.3 Å². The Hall–Kier alpha value is -1.37. The first kappa shape index (κ1) is 14.0. The lowest BCUT2D eigenvalue weighted by molar-refractivity contribution is 0.598. The Morgan fingerprint density at radius 1 is 1.32 bits per heavy atom. The van der Waals surface area contributed by atoms with Crippen LogP contribution in [0.1, 0.15) is 23.4 Å². The van der Waals surface area contributed by atoms with Crippen molar-refractivity contribution in [1.82, 2.24) is 0 Å². The van der Waals surface area contributed by atoms with Crippen molar-refractivity contribution >= 4 is 27.0 Å². The SMILES string of the molecule is Cc1ccc(S(N)(=O)=O)cc1NC(C)c1cccs1. The number of rotatable bonds is 4. The van der Waals surface area contributed by atoms with E-state index in [0.29, 0.717) is 0 Å². The summed E-state index contributed by atoms with van der Waals surface area (Å²) in [6.07, 6.45) is 0. The van der Waals surface area contributed by atoms with Crippen LogP contribution in [-0.2, 0) is 10.0 Å². The number of nitrogens with two attached hydrogens (primary N) is 1. The monoisotopic (exact) mass is 296 g/mol. The molecule has 0 spiro atoms. The lowest BCUT2D eigenvalue weighted by atomic mass is 10.1. The van der Waals surface area contributed by atoms with Crippen molar-refractivity contribution in [1.29, 1.82) is 0 Å². The Labute approximate surface area is 117 Å². The first-order valence-electron chi connectivity index (χ1n) is 5.81. The van der Waals surface area contributed by atoms with Gasteiger partial charge in [-0.1, -0.05) is 12.1 Å². The van der Waals surface area contributed by atoms with Gasteiger partial charge in [-0.05, 0) is 43.0 Å². The van der Waals surface area contributed by atoms with Gasteiger partial charge in [-0.3, -0.25) is 0 Å². The van der Waals surface area contributed by atoms with Crippen molar-refractivity contribution in [2.45, 2.75) is 24.8 Å². The summed E-state index contributed by atoms with van der Waals surface area (Å²) in [7, 11) is -3.67. The van der Waals surface area contributed by atoms with Crippen LogP contribution in [0, 0.1) is 6.92 Å². The molecule has 0 aliphatic carbocycles. The summed E-state index contributed by atoms with van der Waals surface area (Å²) >= 11 is 1.66. The van der Waals surface area contributed by atoms with Crippen LogP contribution in [0.25, 0.3) is 0 Å². The molecule has 6 heteroatoms. The van der Waals surface area contributed by atoms with Crippen molar-refractivity contribution in [3.63, 3.8) is 0 Å². The van der Waals surface area contributed by atoms with E-state index >= 15 is 0 Å². The van der Waals surface area contributed by atoms with Crippen LogP contribution in [0.3, 0.4) is 0 Å². The molecule has 19 heavy (non-hydrogen) atoms. The van der Waals surface area contributed by atoms with Gasteiger partial charge < -0.3 is 5.32 Å². The molecule has 3 N–H and O–H groups in total. The molecule has 0 radical (unpaired) electrons. The van der Waals surface area contributed by atoms with Crippen molar-refractivity contribution in [2.24, 2.45) is 5.14 Å². The quantitative estimate of drug-likeness (QED) is 0.911. The topological polar surface area (TPSA) is 72.2 Å². The average Bonchev–Trinajstić information content (AvgIpc) is 2.84. The second-order valence-electron chi connectivity index (χ2n) is 4.40. The minimum atomic E-state index is -3.67. The predicted octanol–water partition coefficient (Wildman–Crippen LogP) is 2.88. The summed E-state index contributed by atoms with van der Waals surface area (Å²) < 4.78 is 22.7. The predicted molar refractivity (Wildman–Crippen MR) is 78.9 cm³/mol. The highest BCUT2D eigenvalue weighted by atomic mass is 32.2. The molecule has 4 nitrogen and oxygen atoms in total. The lowest BCUT2D eigenvalue weighted by Crippen LogP contribution is -2.13. The number of thiophene rings is 1. The second kappa shape index (κ2) is 5.32. The van der Waals surface area contributed by atoms with Crippen LogP contribution in [0.15, 0.2) is 40.6 Å². The first-order chi connectivity index (χ1) is 8.88. The molecule has 1 aromatic carbocycles. The molecule has 0 fully saturated rings. The van der Waals surface area contributed by atoms with Crippen LogP contribution in [0.2, 0.25) is 0 Å². The van der Waals surface area contributed by atoms with Gasteiger partial charge in [0.1, 0.15) is 0 Å². The normalized spacial score (nSPS) is 13.2. The van der Waals surface area contributed by atoms with Gasteiger partial charge in [0.25, 0.3) is 0 Å². The molecule has 2 aromatic rings. The molecule has 1 heterocycles. The molecule has 2 rings (SSSR count). The number of aryl methyl sites for hydroxylation is 1. The highest BCUT2D eigenvalue weighted by Gasteiger charge is 2.12. The van der Waals surface area contributed by atoms with Gasteiger partial charge in [-0.25, -0.2) is 13.6 Å². The van der Waals surface area contributed by atoms with Crippen LogP contribution >= 0.6 is 11.3 Å². The van der Waals surface area contributed by atoms with E-state index in [1.807, 2.05) is 31.4 Å². The maximum absolute atomic E-state index is 11.4. The van der Waals surface area contributed by atoms with Crippen LogP contribution in [0.4, 0.5) is 5.69 Å². The molecule has 0 aliphatic rings. The summed E-state index contributed by atoms with van der Waals surface area (Å²) in [4.78, 5) is 1.32. The number of primary sulfonamides is 1. The fraction of sp³-hybridized carbons (Fsp3) is 0.231. The largest absolute Gasteiger partial charge is 0.377 e. The fourth-order valence-electron chi connectivity index (χ4n) is 1.78. The van der Waals surface area contributed by atoms with Crippen LogP contribution in [-0.4, -0.2) is 8.42 Å². The molecule has 1 atom stereocenters. The molecule has 1 unspecified atom stereocenters. The van der Waals surface area contributed by atoms with Gasteiger partial charge in [0.15, 0.2) is 0 Å². The third kappa shape index (κ3) is 3.34. The second-order valence-corrected chi connectivity index (χ2v) is 6.94. The number of hydrogen-bond donors (Lipinski definition) is 2. The van der Waals surface area contributed by atoms with E-state index in [4.69, 9.17) is 5.14 Å². The standard InChI is InChI=1S/C13H16N2O2S2/c1-9-5-6-11(19(14,16)17)8-12(9)15-10(2)13-4-3-7-18-13/h3-8,10,15H,1-2H3,(H2,14,16,17). The molecule has 0 saturated carbocycles. The van der Waals surface area contributed by atoms with Crippen molar-refractivity contribution in [2.75, 3.05) is 5.32 Å². The fourth-order valence-corrected chi connectivity index (χ4v) is 3.05. The van der Waals surface area contributed by atoms with Gasteiger partial charge >= 0.3 is 0 Å². The summed E-state index contributed by atoms with van der Waals surface area (Å²) in [5.74, 6) is 0. The summed E-state index contributed by atoms with van der Waals surface area (Å²) in [6, 6.07) is 9.01. The Bertz CT molecular complexity index is 664. The average molecular weight is 296 g/mol. The Morgan fingerprint density at radius 3 is 2.63 bits per heavy atom. The number of hydrogen-bond acceptors (Lipinski definition) is 4. The van der Waals surface area contributed by atoms with E-state index < -0.39 is 10.0 Å². The summed E-state index contributed by atoms with van der Waals surface area (Å²) in [6.45, 7) is 3.96. The number of nitrogens with one attached hydrogen (secondary N) is 1. The number of benzene rings is 1. The van der Waals surface area contributed by atoms with Gasteiger partial charge in [0.2, 0.25) is 10.0 Å². The number of sulfonamides is 1. The van der Waals surface area contributed by atoms with Crippen molar-refractivity contribution in [3.05, 3.63) is 46.2 Å². The Morgan fingerprint density at radius 2 is 2.05 bits per heavy atom. The molecule has 1 aromatic heterocycles. The number of anilines is 1. The summed E-state index contributed by atoms with van der Waals surface area (Å²) in [5, 5.41) is 10.5. The van der Waals surface area contributed by atoms with E-state index in [1.165, 1.54) is 10.9 Å². The first-order valence-corrected chi connectivity index (χ1v) is 8.24. The third-order valence-corrected chi connectivity index (χ3v) is 4.85. The van der Waals surface area contributed by atoms with Crippen LogP contribution < -0.4 is 10.5 Å². The molecule has 102 valence electrons. The summed E-state index contributed by atoms with van der Waals surface area (Å²) in [5.41, 5.74) is 1.77. The zero-order valence-corrected chi connectivity index (χ0v) is 12.4. The highest BCUT2D eigenvalue weighted by molar-refractivity contribution is 7.89. The molecule has 0 saturated heterocycles. The van der Waals surface area contributed by atoms with Crippen molar-refractivity contribution in [3.8, 4) is 0 Å². The Balaban J connectivity index is 2.30. The van der Waals surface area contributed by atoms with Crippen molar-refractivity contribution < 1.29 is 8.42 Å². The van der Waals surface area contributed by atoms with E-state index in [0.717, 1.165) is 11.3 Å². The van der Waals surface area contributed by atoms with Crippen LogP contribution in [0.5, 0.6) is 0 Å². The zero-order chi connectivity index (χ0) is 14.0. The highest BCUT2D eigenvalue weighted by Crippen LogP contribution is 2.26. The van der Waals surface area contributed by atoms with E-state index in [1.54, 1.807) is 23.5 Å². The lowest BCUT2D eigenvalue weighted by Gasteiger charge is -2.16. The maximum atomic E-state index is 11.4. The molecule has 0 amide bonds.